The van der Waals surface area contributed by atoms with Gasteiger partial charge in [-0.1, -0.05) is 15.9 Å². The van der Waals surface area contributed by atoms with Crippen LogP contribution in [0, 0.1) is 17.5 Å². The first-order chi connectivity index (χ1) is 9.31. The molecule has 1 rings (SSSR count). The van der Waals surface area contributed by atoms with Gasteiger partial charge < -0.3 is 10.0 Å². The molecule has 0 saturated carbocycles. The first-order valence-corrected chi connectivity index (χ1v) is 7.16. The van der Waals surface area contributed by atoms with Crippen LogP contribution in [-0.4, -0.2) is 33.8 Å². The van der Waals surface area contributed by atoms with E-state index in [0.717, 1.165) is 0 Å². The number of amides is 1. The molecule has 0 aliphatic heterocycles. The summed E-state index contributed by atoms with van der Waals surface area (Å²) >= 11 is 3.22. The Hall–Kier alpha value is -1.24. The van der Waals surface area contributed by atoms with Crippen molar-refractivity contribution in [2.75, 3.05) is 11.9 Å². The third-order valence-corrected chi connectivity index (χ3v) is 3.34. The smallest absolute Gasteiger partial charge is 0.257 e. The number of halogens is 4. The minimum atomic E-state index is -1.70. The Morgan fingerprint density at radius 1 is 1.35 bits per heavy atom. The summed E-state index contributed by atoms with van der Waals surface area (Å²) in [6.45, 7) is 3.79. The minimum absolute atomic E-state index is 0.240. The summed E-state index contributed by atoms with van der Waals surface area (Å²) in [7, 11) is 0. The van der Waals surface area contributed by atoms with Gasteiger partial charge >= 0.3 is 0 Å². The molecule has 0 unspecified atom stereocenters. The minimum Gasteiger partial charge on any atom is -0.503 e. The highest BCUT2D eigenvalue weighted by Gasteiger charge is 2.26. The zero-order chi connectivity index (χ0) is 15.4. The molecule has 1 aromatic carbocycles. The highest BCUT2D eigenvalue weighted by molar-refractivity contribution is 9.09. The summed E-state index contributed by atoms with van der Waals surface area (Å²) in [6, 6.07) is 0.229. The summed E-state index contributed by atoms with van der Waals surface area (Å²) in [5.41, 5.74) is -0.676. The zero-order valence-electron chi connectivity index (χ0n) is 11.1. The molecule has 20 heavy (non-hydrogen) atoms. The first kappa shape index (κ1) is 16.8. The van der Waals surface area contributed by atoms with Crippen molar-refractivity contribution >= 4 is 21.8 Å². The zero-order valence-corrected chi connectivity index (χ0v) is 12.7. The van der Waals surface area contributed by atoms with E-state index in [2.05, 4.69) is 15.9 Å². The number of aromatic hydroxyl groups is 1. The van der Waals surface area contributed by atoms with E-state index >= 15 is 0 Å². The van der Waals surface area contributed by atoms with E-state index < -0.39 is 34.7 Å². The van der Waals surface area contributed by atoms with E-state index in [4.69, 9.17) is 5.11 Å². The standard InChI is InChI=1S/C13H15BrF3NO2/c1-7(2)18(5-3-4-14)13(20)8-6-9(15)11(17)12(19)10(8)16/h6-7,19H,3-5H2,1-2H3. The number of nitrogens with zero attached hydrogens (tertiary/aromatic N) is 1. The molecule has 3 nitrogen and oxygen atoms in total. The van der Waals surface area contributed by atoms with E-state index in [1.54, 1.807) is 13.8 Å². The summed E-state index contributed by atoms with van der Waals surface area (Å²) < 4.78 is 39.9. The van der Waals surface area contributed by atoms with Gasteiger partial charge in [0.05, 0.1) is 5.56 Å². The molecule has 0 spiro atoms. The quantitative estimate of drug-likeness (QED) is 0.650. The van der Waals surface area contributed by atoms with Crippen LogP contribution >= 0.6 is 15.9 Å². The van der Waals surface area contributed by atoms with Gasteiger partial charge in [0.1, 0.15) is 0 Å². The number of phenols is 1. The van der Waals surface area contributed by atoms with Crippen LogP contribution in [0.4, 0.5) is 13.2 Å². The number of carbonyl (C=O) groups excluding carboxylic acids is 1. The molecule has 0 atom stereocenters. The maximum atomic E-state index is 13.7. The fourth-order valence-electron chi connectivity index (χ4n) is 1.73. The summed E-state index contributed by atoms with van der Waals surface area (Å²) in [6.07, 6.45) is 0.626. The number of carbonyl (C=O) groups is 1. The third kappa shape index (κ3) is 3.45. The number of alkyl halides is 1. The molecule has 1 N–H and O–H groups in total. The topological polar surface area (TPSA) is 40.5 Å². The van der Waals surface area contributed by atoms with Crippen molar-refractivity contribution in [1.29, 1.82) is 0 Å². The van der Waals surface area contributed by atoms with Crippen LogP contribution < -0.4 is 0 Å². The largest absolute Gasteiger partial charge is 0.503 e. The first-order valence-electron chi connectivity index (χ1n) is 6.04. The van der Waals surface area contributed by atoms with Crippen LogP contribution in [0.1, 0.15) is 30.6 Å². The Balaban J connectivity index is 3.18. The average molecular weight is 354 g/mol. The van der Waals surface area contributed by atoms with Crippen LogP contribution in [0.5, 0.6) is 5.75 Å². The molecule has 0 bridgehead atoms. The fourth-order valence-corrected chi connectivity index (χ4v) is 1.98. The van der Waals surface area contributed by atoms with Gasteiger partial charge in [-0.15, -0.1) is 0 Å². The number of benzene rings is 1. The average Bonchev–Trinajstić information content (AvgIpc) is 2.40. The van der Waals surface area contributed by atoms with Crippen LogP contribution in [0.3, 0.4) is 0 Å². The molecule has 0 aromatic heterocycles. The molecule has 1 amide bonds. The molecule has 0 saturated heterocycles. The fraction of sp³-hybridized carbons (Fsp3) is 0.462. The van der Waals surface area contributed by atoms with E-state index in [-0.39, 0.29) is 6.04 Å². The molecule has 1 aromatic rings. The second-order valence-electron chi connectivity index (χ2n) is 4.52. The molecule has 0 radical (unpaired) electrons. The number of hydrogen-bond donors (Lipinski definition) is 1. The molecular formula is C13H15BrF3NO2. The SMILES string of the molecule is CC(C)N(CCCBr)C(=O)c1cc(F)c(F)c(O)c1F. The molecule has 0 aliphatic carbocycles. The summed E-state index contributed by atoms with van der Waals surface area (Å²) in [5, 5.41) is 9.79. The van der Waals surface area contributed by atoms with Gasteiger partial charge in [0.25, 0.3) is 5.91 Å². The number of hydrogen-bond acceptors (Lipinski definition) is 2. The molecular weight excluding hydrogens is 339 g/mol. The second kappa shape index (κ2) is 6.97. The highest BCUT2D eigenvalue weighted by Crippen LogP contribution is 2.27. The summed E-state index contributed by atoms with van der Waals surface area (Å²) in [4.78, 5) is 13.5. The third-order valence-electron chi connectivity index (χ3n) is 2.78. The van der Waals surface area contributed by atoms with Crippen LogP contribution in [0.2, 0.25) is 0 Å². The van der Waals surface area contributed by atoms with Gasteiger partial charge in [0, 0.05) is 17.9 Å². The Kier molecular flexibility index (Phi) is 5.86. The predicted molar refractivity (Wildman–Crippen MR) is 72.6 cm³/mol. The van der Waals surface area contributed by atoms with E-state index in [1.807, 2.05) is 0 Å². The Bertz CT molecular complexity index is 509. The molecule has 0 fully saturated rings. The lowest BCUT2D eigenvalue weighted by Crippen LogP contribution is -2.38. The molecule has 0 aliphatic rings. The Morgan fingerprint density at radius 2 is 1.95 bits per heavy atom. The van der Waals surface area contributed by atoms with Crippen LogP contribution in [0.25, 0.3) is 0 Å². The number of rotatable bonds is 5. The van der Waals surface area contributed by atoms with Crippen molar-refractivity contribution in [3.63, 3.8) is 0 Å². The van der Waals surface area contributed by atoms with Gasteiger partial charge in [-0.3, -0.25) is 4.79 Å². The van der Waals surface area contributed by atoms with E-state index in [9.17, 15) is 18.0 Å². The van der Waals surface area contributed by atoms with Gasteiger partial charge in [-0.2, -0.15) is 4.39 Å². The van der Waals surface area contributed by atoms with Crippen molar-refractivity contribution in [3.8, 4) is 5.75 Å². The van der Waals surface area contributed by atoms with Gasteiger partial charge in [0.15, 0.2) is 17.4 Å². The van der Waals surface area contributed by atoms with Crippen LogP contribution in [0.15, 0.2) is 6.07 Å². The van der Waals surface area contributed by atoms with E-state index in [0.29, 0.717) is 24.4 Å². The van der Waals surface area contributed by atoms with E-state index in [1.165, 1.54) is 4.90 Å². The molecule has 7 heteroatoms. The maximum Gasteiger partial charge on any atom is 0.257 e. The second-order valence-corrected chi connectivity index (χ2v) is 5.31. The summed E-state index contributed by atoms with van der Waals surface area (Å²) in [5.74, 6) is -6.87. The normalized spacial score (nSPS) is 10.9. The van der Waals surface area contributed by atoms with Crippen molar-refractivity contribution < 1.29 is 23.1 Å². The molecule has 112 valence electrons. The van der Waals surface area contributed by atoms with Crippen molar-refractivity contribution in [1.82, 2.24) is 4.90 Å². The highest BCUT2D eigenvalue weighted by atomic mass is 79.9. The van der Waals surface area contributed by atoms with Gasteiger partial charge in [-0.05, 0) is 26.3 Å². The monoisotopic (exact) mass is 353 g/mol. The lowest BCUT2D eigenvalue weighted by molar-refractivity contribution is 0.0700. The lowest BCUT2D eigenvalue weighted by Gasteiger charge is -2.27. The van der Waals surface area contributed by atoms with Gasteiger partial charge in [-0.25, -0.2) is 8.78 Å². The maximum absolute atomic E-state index is 13.7. The van der Waals surface area contributed by atoms with Gasteiger partial charge in [0.2, 0.25) is 5.82 Å². The van der Waals surface area contributed by atoms with Crippen LogP contribution in [-0.2, 0) is 0 Å². The Morgan fingerprint density at radius 3 is 2.45 bits per heavy atom. The molecule has 0 heterocycles. The Labute approximate surface area is 123 Å². The number of phenolic OH excluding ortho intramolecular Hbond substituents is 1. The lowest BCUT2D eigenvalue weighted by atomic mass is 10.1. The predicted octanol–water partition coefficient (Wildman–Crippen LogP) is 3.45. The van der Waals surface area contributed by atoms with Crippen molar-refractivity contribution in [2.45, 2.75) is 26.3 Å². The van der Waals surface area contributed by atoms with Crippen molar-refractivity contribution in [2.24, 2.45) is 0 Å². The van der Waals surface area contributed by atoms with Crippen molar-refractivity contribution in [3.05, 3.63) is 29.1 Å².